The van der Waals surface area contributed by atoms with Gasteiger partial charge in [-0.15, -0.1) is 0 Å². The number of carbonyl (C=O) groups excluding carboxylic acids is 2. The van der Waals surface area contributed by atoms with Crippen LogP contribution < -0.4 is 20.5 Å². The Morgan fingerprint density at radius 3 is 2.57 bits per heavy atom. The number of anilines is 1. The van der Waals surface area contributed by atoms with Crippen LogP contribution >= 0.6 is 11.8 Å². The number of pyridine rings is 1. The third-order valence-corrected chi connectivity index (χ3v) is 5.56. The van der Waals surface area contributed by atoms with E-state index in [0.29, 0.717) is 41.0 Å². The smallest absolute Gasteiger partial charge is 0.251 e. The van der Waals surface area contributed by atoms with Gasteiger partial charge in [0.1, 0.15) is 5.03 Å². The highest BCUT2D eigenvalue weighted by Gasteiger charge is 2.19. The van der Waals surface area contributed by atoms with Crippen LogP contribution in [0.25, 0.3) is 0 Å². The van der Waals surface area contributed by atoms with Gasteiger partial charge >= 0.3 is 0 Å². The topological polar surface area (TPSA) is 104 Å². The van der Waals surface area contributed by atoms with E-state index in [1.165, 1.54) is 11.8 Å². The summed E-state index contributed by atoms with van der Waals surface area (Å²) >= 11 is 1.19. The number of hydrogen-bond donors (Lipinski definition) is 2. The molecule has 1 aliphatic rings. The highest BCUT2D eigenvalue weighted by Crippen LogP contribution is 2.32. The summed E-state index contributed by atoms with van der Waals surface area (Å²) < 4.78 is 11.2. The number of amides is 2. The molecule has 2 heterocycles. The predicted octanol–water partition coefficient (Wildman–Crippen LogP) is 3.00. The number of primary amides is 1. The number of nitrogens with one attached hydrogen (secondary N) is 1. The number of fused-ring (bicyclic) bond motifs is 1. The molecule has 1 aromatic heterocycles. The fourth-order valence-corrected chi connectivity index (χ4v) is 3.82. The molecular weight excluding hydrogens is 378 g/mol. The highest BCUT2D eigenvalue weighted by molar-refractivity contribution is 8.00. The Balaban J connectivity index is 1.70. The number of benzene rings is 1. The third kappa shape index (κ3) is 4.39. The van der Waals surface area contributed by atoms with Gasteiger partial charge in [0.15, 0.2) is 11.5 Å². The van der Waals surface area contributed by atoms with E-state index in [0.717, 1.165) is 23.2 Å². The summed E-state index contributed by atoms with van der Waals surface area (Å²) in [5.74, 6) is 0.631. The molecule has 148 valence electrons. The molecule has 2 aromatic rings. The van der Waals surface area contributed by atoms with Crippen LogP contribution in [-0.4, -0.2) is 35.8 Å². The Morgan fingerprint density at radius 2 is 1.86 bits per heavy atom. The Labute approximate surface area is 168 Å². The molecule has 7 nitrogen and oxygen atoms in total. The van der Waals surface area contributed by atoms with E-state index in [9.17, 15) is 9.59 Å². The van der Waals surface area contributed by atoms with Gasteiger partial charge in [-0.2, -0.15) is 0 Å². The van der Waals surface area contributed by atoms with Gasteiger partial charge in [0.25, 0.3) is 5.91 Å². The number of nitrogens with two attached hydrogens (primary N) is 1. The number of thioether (sulfide) groups is 1. The second-order valence-electron chi connectivity index (χ2n) is 6.54. The average molecular weight is 401 g/mol. The van der Waals surface area contributed by atoms with Crippen molar-refractivity contribution in [3.05, 3.63) is 40.6 Å². The minimum Gasteiger partial charge on any atom is -0.490 e. The largest absolute Gasteiger partial charge is 0.490 e. The molecule has 0 bridgehead atoms. The van der Waals surface area contributed by atoms with Crippen LogP contribution in [0.1, 0.15) is 33.6 Å². The lowest BCUT2D eigenvalue weighted by Gasteiger charge is -2.14. The molecule has 3 rings (SSSR count). The van der Waals surface area contributed by atoms with Gasteiger partial charge in [0.05, 0.1) is 24.5 Å². The van der Waals surface area contributed by atoms with Crippen molar-refractivity contribution < 1.29 is 19.1 Å². The zero-order valence-corrected chi connectivity index (χ0v) is 16.9. The number of ether oxygens (including phenoxy) is 2. The molecule has 0 radical (unpaired) electrons. The molecule has 3 N–H and O–H groups in total. The van der Waals surface area contributed by atoms with E-state index in [-0.39, 0.29) is 11.7 Å². The van der Waals surface area contributed by atoms with Gasteiger partial charge in [-0.05, 0) is 44.0 Å². The van der Waals surface area contributed by atoms with E-state index in [2.05, 4.69) is 10.3 Å². The van der Waals surface area contributed by atoms with Gasteiger partial charge < -0.3 is 20.5 Å². The molecule has 1 aromatic carbocycles. The molecule has 0 unspecified atom stereocenters. The van der Waals surface area contributed by atoms with Gasteiger partial charge in [-0.3, -0.25) is 9.59 Å². The normalized spacial score (nSPS) is 13.0. The Hall–Kier alpha value is -2.74. The van der Waals surface area contributed by atoms with Crippen LogP contribution in [0.5, 0.6) is 11.5 Å². The van der Waals surface area contributed by atoms with Crippen LogP contribution in [0.2, 0.25) is 0 Å². The van der Waals surface area contributed by atoms with Crippen LogP contribution in [0.15, 0.2) is 23.2 Å². The Morgan fingerprint density at radius 1 is 1.14 bits per heavy atom. The van der Waals surface area contributed by atoms with E-state index in [4.69, 9.17) is 15.2 Å². The van der Waals surface area contributed by atoms with Crippen molar-refractivity contribution in [2.45, 2.75) is 32.2 Å². The summed E-state index contributed by atoms with van der Waals surface area (Å²) in [7, 11) is 0. The monoisotopic (exact) mass is 401 g/mol. The highest BCUT2D eigenvalue weighted by atomic mass is 32.2. The maximum absolute atomic E-state index is 12.4. The van der Waals surface area contributed by atoms with Gasteiger partial charge in [-0.1, -0.05) is 11.8 Å². The van der Waals surface area contributed by atoms with Gasteiger partial charge in [0, 0.05) is 23.9 Å². The van der Waals surface area contributed by atoms with Crippen molar-refractivity contribution in [1.29, 1.82) is 0 Å². The van der Waals surface area contributed by atoms with E-state index < -0.39 is 5.91 Å². The summed E-state index contributed by atoms with van der Waals surface area (Å²) in [5.41, 5.74) is 9.05. The molecule has 0 spiro atoms. The molecule has 0 aliphatic carbocycles. The van der Waals surface area contributed by atoms with Crippen molar-refractivity contribution in [2.75, 3.05) is 24.3 Å². The molecule has 2 amide bonds. The standard InChI is InChI=1S/C20H23N3O4S/c1-11-12(2)18(19(21)25)20(22-13(11)3)28-10-17(24)23-14-5-6-15-16(9-14)27-8-4-7-26-15/h5-6,9H,4,7-8,10H2,1-3H3,(H2,21,25)(H,23,24). The first-order valence-corrected chi connectivity index (χ1v) is 9.95. The van der Waals surface area contributed by atoms with Gasteiger partial charge in [-0.25, -0.2) is 4.98 Å². The molecule has 8 heteroatoms. The predicted molar refractivity (Wildman–Crippen MR) is 108 cm³/mol. The van der Waals surface area contributed by atoms with E-state index in [1.54, 1.807) is 18.2 Å². The van der Waals surface area contributed by atoms with Crippen molar-refractivity contribution in [1.82, 2.24) is 4.98 Å². The van der Waals surface area contributed by atoms with E-state index in [1.807, 2.05) is 20.8 Å². The second kappa shape index (κ2) is 8.52. The summed E-state index contributed by atoms with van der Waals surface area (Å²) in [6.07, 6.45) is 0.817. The second-order valence-corrected chi connectivity index (χ2v) is 7.50. The lowest BCUT2D eigenvalue weighted by atomic mass is 10.0. The minimum atomic E-state index is -0.543. The molecule has 28 heavy (non-hydrogen) atoms. The third-order valence-electron chi connectivity index (χ3n) is 4.58. The maximum atomic E-state index is 12.4. The zero-order chi connectivity index (χ0) is 20.3. The lowest BCUT2D eigenvalue weighted by Crippen LogP contribution is -2.18. The Bertz CT molecular complexity index is 930. The van der Waals surface area contributed by atoms with Crippen LogP contribution in [0.4, 0.5) is 5.69 Å². The molecular formula is C20H23N3O4S. The molecule has 0 atom stereocenters. The Kier molecular flexibility index (Phi) is 6.08. The number of carbonyl (C=O) groups is 2. The lowest BCUT2D eigenvalue weighted by molar-refractivity contribution is -0.113. The first kappa shape index (κ1) is 20.0. The number of nitrogens with zero attached hydrogens (tertiary/aromatic N) is 1. The molecule has 0 saturated heterocycles. The zero-order valence-electron chi connectivity index (χ0n) is 16.1. The summed E-state index contributed by atoms with van der Waals surface area (Å²) in [5, 5.41) is 3.31. The first-order valence-electron chi connectivity index (χ1n) is 8.96. The fraction of sp³-hybridized carbons (Fsp3) is 0.350. The summed E-state index contributed by atoms with van der Waals surface area (Å²) in [6, 6.07) is 5.29. The maximum Gasteiger partial charge on any atom is 0.251 e. The summed E-state index contributed by atoms with van der Waals surface area (Å²) in [6.45, 7) is 6.80. The fourth-order valence-electron chi connectivity index (χ4n) is 2.88. The molecule has 0 saturated carbocycles. The van der Waals surface area contributed by atoms with Crippen LogP contribution in [-0.2, 0) is 4.79 Å². The quantitative estimate of drug-likeness (QED) is 0.747. The van der Waals surface area contributed by atoms with Crippen LogP contribution in [0, 0.1) is 20.8 Å². The SMILES string of the molecule is Cc1nc(SCC(=O)Nc2ccc3c(c2)OCCCO3)c(C(N)=O)c(C)c1C. The van der Waals surface area contributed by atoms with Crippen molar-refractivity contribution in [3.8, 4) is 11.5 Å². The minimum absolute atomic E-state index is 0.101. The van der Waals surface area contributed by atoms with Crippen molar-refractivity contribution in [2.24, 2.45) is 5.73 Å². The average Bonchev–Trinajstić information content (AvgIpc) is 2.89. The first-order chi connectivity index (χ1) is 13.4. The number of aryl methyl sites for hydroxylation is 1. The van der Waals surface area contributed by atoms with Gasteiger partial charge in [0.2, 0.25) is 5.91 Å². The van der Waals surface area contributed by atoms with E-state index >= 15 is 0 Å². The molecule has 1 aliphatic heterocycles. The summed E-state index contributed by atoms with van der Waals surface area (Å²) in [4.78, 5) is 28.7. The van der Waals surface area contributed by atoms with Crippen molar-refractivity contribution in [3.63, 3.8) is 0 Å². The molecule has 0 fully saturated rings. The number of rotatable bonds is 5. The van der Waals surface area contributed by atoms with Crippen molar-refractivity contribution >= 4 is 29.3 Å². The van der Waals surface area contributed by atoms with Crippen LogP contribution in [0.3, 0.4) is 0 Å². The number of hydrogen-bond acceptors (Lipinski definition) is 6. The number of aromatic nitrogens is 1.